The number of hydrogen-bond acceptors (Lipinski definition) is 5. The van der Waals surface area contributed by atoms with E-state index in [0.29, 0.717) is 18.4 Å². The van der Waals surface area contributed by atoms with Crippen molar-refractivity contribution in [3.8, 4) is 0 Å². The van der Waals surface area contributed by atoms with Gasteiger partial charge in [0.1, 0.15) is 0 Å². The molecule has 0 radical (unpaired) electrons. The molecule has 2 heterocycles. The standard InChI is InChI=1S/C27H42O5/c1-16-23-22(32-27(16)11-6-17(14-28)15-31-27)13-26(30)21-5-4-18-12-19(29)7-9-24(18,2)20(21)8-10-25(23,26)3/h4,16-17,19-23,28-30H,5-15H2,1-3H3. The van der Waals surface area contributed by atoms with E-state index in [0.717, 1.165) is 57.8 Å². The van der Waals surface area contributed by atoms with Crippen LogP contribution in [0.3, 0.4) is 0 Å². The van der Waals surface area contributed by atoms with E-state index in [9.17, 15) is 15.3 Å². The lowest BCUT2D eigenvalue weighted by Crippen LogP contribution is -2.61. The molecule has 0 aromatic rings. The van der Waals surface area contributed by atoms with Crippen LogP contribution < -0.4 is 0 Å². The van der Waals surface area contributed by atoms with Gasteiger partial charge in [-0.2, -0.15) is 0 Å². The SMILES string of the molecule is CC1C2C(CC3(O)C4CC=C5CC(O)CCC5(C)C4CCC23C)OC12CCC(CO)CO2. The van der Waals surface area contributed by atoms with Gasteiger partial charge in [0.15, 0.2) is 5.79 Å². The molecular formula is C27H42O5. The second kappa shape index (κ2) is 7.04. The predicted molar refractivity (Wildman–Crippen MR) is 121 cm³/mol. The van der Waals surface area contributed by atoms with Gasteiger partial charge < -0.3 is 24.8 Å². The summed E-state index contributed by atoms with van der Waals surface area (Å²) in [5.74, 6) is 1.01. The third kappa shape index (κ3) is 2.64. The highest BCUT2D eigenvalue weighted by Crippen LogP contribution is 2.72. The van der Waals surface area contributed by atoms with Gasteiger partial charge in [0.25, 0.3) is 0 Å². The highest BCUT2D eigenvalue weighted by molar-refractivity contribution is 5.29. The molecule has 32 heavy (non-hydrogen) atoms. The summed E-state index contributed by atoms with van der Waals surface area (Å²) in [6.45, 7) is 7.80. The van der Waals surface area contributed by atoms with Gasteiger partial charge in [0.2, 0.25) is 0 Å². The van der Waals surface area contributed by atoms with E-state index >= 15 is 0 Å². The number of aliphatic hydroxyl groups is 3. The lowest BCUT2D eigenvalue weighted by atomic mass is 9.45. The molecule has 0 aromatic carbocycles. The number of ether oxygens (including phenoxy) is 2. The highest BCUT2D eigenvalue weighted by Gasteiger charge is 2.74. The highest BCUT2D eigenvalue weighted by atomic mass is 16.7. The van der Waals surface area contributed by atoms with Crippen molar-refractivity contribution in [1.82, 2.24) is 0 Å². The summed E-state index contributed by atoms with van der Waals surface area (Å²) >= 11 is 0. The van der Waals surface area contributed by atoms with Crippen LogP contribution in [0.4, 0.5) is 0 Å². The van der Waals surface area contributed by atoms with Gasteiger partial charge in [-0.3, -0.25) is 0 Å². The van der Waals surface area contributed by atoms with Gasteiger partial charge in [-0.25, -0.2) is 0 Å². The Morgan fingerprint density at radius 1 is 1.09 bits per heavy atom. The smallest absolute Gasteiger partial charge is 0.171 e. The zero-order chi connectivity index (χ0) is 22.5. The van der Waals surface area contributed by atoms with Crippen LogP contribution in [0.2, 0.25) is 0 Å². The van der Waals surface area contributed by atoms with Gasteiger partial charge in [0.05, 0.1) is 24.4 Å². The van der Waals surface area contributed by atoms with Crippen molar-refractivity contribution in [2.45, 2.75) is 102 Å². The predicted octanol–water partition coefficient (Wildman–Crippen LogP) is 3.80. The van der Waals surface area contributed by atoms with Crippen LogP contribution in [0.1, 0.15) is 78.6 Å². The molecule has 0 amide bonds. The first-order chi connectivity index (χ1) is 15.2. The van der Waals surface area contributed by atoms with Crippen LogP contribution >= 0.6 is 0 Å². The van der Waals surface area contributed by atoms with E-state index < -0.39 is 11.4 Å². The third-order valence-corrected chi connectivity index (χ3v) is 11.6. The van der Waals surface area contributed by atoms with Crippen LogP contribution in [0.15, 0.2) is 11.6 Å². The first-order valence-electron chi connectivity index (χ1n) is 13.2. The van der Waals surface area contributed by atoms with Crippen molar-refractivity contribution < 1.29 is 24.8 Å². The molecule has 6 rings (SSSR count). The lowest BCUT2D eigenvalue weighted by Gasteiger charge is -2.61. The summed E-state index contributed by atoms with van der Waals surface area (Å²) in [7, 11) is 0. The van der Waals surface area contributed by atoms with Crippen LogP contribution in [0.5, 0.6) is 0 Å². The summed E-state index contributed by atoms with van der Waals surface area (Å²) in [6.07, 6.45) is 10.6. The number of allylic oxidation sites excluding steroid dienone is 1. The number of hydrogen-bond donors (Lipinski definition) is 3. The average molecular weight is 447 g/mol. The third-order valence-electron chi connectivity index (χ3n) is 11.6. The van der Waals surface area contributed by atoms with Crippen molar-refractivity contribution in [1.29, 1.82) is 0 Å². The molecule has 1 spiro atoms. The molecule has 5 fully saturated rings. The van der Waals surface area contributed by atoms with Crippen molar-refractivity contribution in [2.24, 2.45) is 40.4 Å². The Hall–Kier alpha value is -0.460. The van der Waals surface area contributed by atoms with Crippen molar-refractivity contribution in [2.75, 3.05) is 13.2 Å². The Labute approximate surface area is 192 Å². The molecular weight excluding hydrogens is 404 g/mol. The first-order valence-corrected chi connectivity index (χ1v) is 13.2. The molecule has 2 saturated heterocycles. The lowest BCUT2D eigenvalue weighted by molar-refractivity contribution is -0.282. The molecule has 4 aliphatic carbocycles. The van der Waals surface area contributed by atoms with Crippen LogP contribution in [-0.4, -0.2) is 52.1 Å². The van der Waals surface area contributed by atoms with Crippen LogP contribution in [0, 0.1) is 40.4 Å². The van der Waals surface area contributed by atoms with E-state index in [1.165, 1.54) is 5.57 Å². The van der Waals surface area contributed by atoms with Crippen molar-refractivity contribution in [3.63, 3.8) is 0 Å². The second-order valence-corrected chi connectivity index (χ2v) is 12.8. The fraction of sp³-hybridized carbons (Fsp3) is 0.926. The molecule has 5 nitrogen and oxygen atoms in total. The maximum Gasteiger partial charge on any atom is 0.171 e. The fourth-order valence-corrected chi connectivity index (χ4v) is 9.70. The van der Waals surface area contributed by atoms with E-state index in [4.69, 9.17) is 9.47 Å². The van der Waals surface area contributed by atoms with Gasteiger partial charge in [-0.1, -0.05) is 32.4 Å². The monoisotopic (exact) mass is 446 g/mol. The fourth-order valence-electron chi connectivity index (χ4n) is 9.70. The molecule has 2 aliphatic heterocycles. The Kier molecular flexibility index (Phi) is 4.84. The quantitative estimate of drug-likeness (QED) is 0.534. The average Bonchev–Trinajstić information content (AvgIpc) is 3.16. The van der Waals surface area contributed by atoms with Crippen LogP contribution in [-0.2, 0) is 9.47 Å². The normalized spacial score (nSPS) is 59.2. The van der Waals surface area contributed by atoms with E-state index in [1.807, 2.05) is 0 Å². The summed E-state index contributed by atoms with van der Waals surface area (Å²) in [5.41, 5.74) is 0.705. The Bertz CT molecular complexity index is 802. The molecule has 11 unspecified atom stereocenters. The Morgan fingerprint density at radius 2 is 1.91 bits per heavy atom. The Morgan fingerprint density at radius 3 is 2.62 bits per heavy atom. The minimum absolute atomic E-state index is 0.0517. The number of rotatable bonds is 1. The van der Waals surface area contributed by atoms with Gasteiger partial charge in [-0.15, -0.1) is 0 Å². The molecule has 0 aromatic heterocycles. The van der Waals surface area contributed by atoms with Crippen molar-refractivity contribution in [3.05, 3.63) is 11.6 Å². The second-order valence-electron chi connectivity index (χ2n) is 12.8. The largest absolute Gasteiger partial charge is 0.396 e. The minimum atomic E-state index is -0.704. The Balaban J connectivity index is 1.30. The molecule has 0 bridgehead atoms. The van der Waals surface area contributed by atoms with Gasteiger partial charge >= 0.3 is 0 Å². The molecule has 3 N–H and O–H groups in total. The first kappa shape index (κ1) is 22.0. The zero-order valence-electron chi connectivity index (χ0n) is 20.1. The molecule has 5 heteroatoms. The summed E-state index contributed by atoms with van der Waals surface area (Å²) in [6, 6.07) is 0. The summed E-state index contributed by atoms with van der Waals surface area (Å²) in [4.78, 5) is 0. The summed E-state index contributed by atoms with van der Waals surface area (Å²) < 4.78 is 13.1. The van der Waals surface area contributed by atoms with Crippen LogP contribution in [0.25, 0.3) is 0 Å². The molecule has 3 saturated carbocycles. The maximum atomic E-state index is 12.5. The number of fused-ring (bicyclic) bond motifs is 7. The molecule has 6 aliphatic rings. The molecule has 11 atom stereocenters. The van der Waals surface area contributed by atoms with Gasteiger partial charge in [0, 0.05) is 42.6 Å². The van der Waals surface area contributed by atoms with Crippen molar-refractivity contribution >= 4 is 0 Å². The van der Waals surface area contributed by atoms with E-state index in [2.05, 4.69) is 26.8 Å². The maximum absolute atomic E-state index is 12.5. The minimum Gasteiger partial charge on any atom is -0.396 e. The van der Waals surface area contributed by atoms with E-state index in [-0.39, 0.29) is 47.4 Å². The summed E-state index contributed by atoms with van der Waals surface area (Å²) in [5, 5.41) is 32.3. The topological polar surface area (TPSA) is 79.2 Å². The number of aliphatic hydroxyl groups excluding tert-OH is 2. The van der Waals surface area contributed by atoms with E-state index in [1.54, 1.807) is 0 Å². The van der Waals surface area contributed by atoms with Gasteiger partial charge in [-0.05, 0) is 62.2 Å². The zero-order valence-corrected chi connectivity index (χ0v) is 20.1. The molecule has 180 valence electrons.